The van der Waals surface area contributed by atoms with E-state index in [-0.39, 0.29) is 0 Å². The van der Waals surface area contributed by atoms with Crippen molar-refractivity contribution in [1.29, 1.82) is 0 Å². The van der Waals surface area contributed by atoms with Crippen LogP contribution in [0.1, 0.15) is 0 Å². The Kier molecular flexibility index (Phi) is 2.71. The van der Waals surface area contributed by atoms with Crippen molar-refractivity contribution in [2.24, 2.45) is 0 Å². The zero-order valence-electron chi connectivity index (χ0n) is 9.43. The van der Waals surface area contributed by atoms with Crippen molar-refractivity contribution in [3.05, 3.63) is 55.0 Å². The minimum absolute atomic E-state index is 0.685. The maximum Gasteiger partial charge on any atom is 0.123 e. The van der Waals surface area contributed by atoms with Crippen LogP contribution in [-0.4, -0.2) is 25.4 Å². The van der Waals surface area contributed by atoms with Crippen molar-refractivity contribution in [3.63, 3.8) is 0 Å². The molecule has 3 heterocycles. The van der Waals surface area contributed by atoms with Crippen LogP contribution >= 0.6 is 0 Å². The van der Waals surface area contributed by atoms with E-state index in [0.717, 1.165) is 11.3 Å². The normalized spacial score (nSPS) is 10.2. The minimum Gasteiger partial charge on any atom is -0.256 e. The molecular formula is C13H9N5. The maximum atomic E-state index is 4.32. The van der Waals surface area contributed by atoms with Crippen molar-refractivity contribution in [2.75, 3.05) is 0 Å². The summed E-state index contributed by atoms with van der Waals surface area (Å²) in [5.41, 5.74) is 3.11. The molecule has 86 valence electrons. The summed E-state index contributed by atoms with van der Waals surface area (Å²) in [4.78, 5) is 4.32. The number of pyridine rings is 1. The summed E-state index contributed by atoms with van der Waals surface area (Å²) < 4.78 is 0. The highest BCUT2D eigenvalue weighted by Gasteiger charge is 2.10. The molecule has 0 aliphatic rings. The van der Waals surface area contributed by atoms with Gasteiger partial charge in [0.15, 0.2) is 0 Å². The molecule has 0 aliphatic carbocycles. The molecule has 0 fully saturated rings. The second-order valence-corrected chi connectivity index (χ2v) is 3.62. The van der Waals surface area contributed by atoms with E-state index in [0.29, 0.717) is 11.4 Å². The summed E-state index contributed by atoms with van der Waals surface area (Å²) in [5.74, 6) is 0. The van der Waals surface area contributed by atoms with Gasteiger partial charge in [0.05, 0.1) is 11.9 Å². The summed E-state index contributed by atoms with van der Waals surface area (Å²) >= 11 is 0. The van der Waals surface area contributed by atoms with Gasteiger partial charge in [-0.15, -0.1) is 10.2 Å². The first-order chi connectivity index (χ1) is 8.95. The Labute approximate surface area is 104 Å². The van der Waals surface area contributed by atoms with Crippen molar-refractivity contribution in [1.82, 2.24) is 25.4 Å². The fourth-order valence-electron chi connectivity index (χ4n) is 1.68. The number of hydrogen-bond donors (Lipinski definition) is 0. The zero-order valence-corrected chi connectivity index (χ0v) is 9.43. The molecule has 0 aromatic carbocycles. The van der Waals surface area contributed by atoms with Crippen LogP contribution in [-0.2, 0) is 0 Å². The molecule has 3 rings (SSSR count). The highest BCUT2D eigenvalue weighted by molar-refractivity contribution is 5.76. The van der Waals surface area contributed by atoms with E-state index in [4.69, 9.17) is 0 Å². The summed E-state index contributed by atoms with van der Waals surface area (Å²) in [7, 11) is 0. The largest absolute Gasteiger partial charge is 0.256 e. The van der Waals surface area contributed by atoms with Crippen LogP contribution in [0, 0.1) is 0 Å². The monoisotopic (exact) mass is 235 g/mol. The van der Waals surface area contributed by atoms with Gasteiger partial charge in [0.2, 0.25) is 0 Å². The van der Waals surface area contributed by atoms with Gasteiger partial charge < -0.3 is 0 Å². The van der Waals surface area contributed by atoms with E-state index in [1.165, 1.54) is 0 Å². The summed E-state index contributed by atoms with van der Waals surface area (Å²) in [6.45, 7) is 0. The highest BCUT2D eigenvalue weighted by Crippen LogP contribution is 2.25. The van der Waals surface area contributed by atoms with Gasteiger partial charge in [0, 0.05) is 18.0 Å². The van der Waals surface area contributed by atoms with Gasteiger partial charge in [-0.1, -0.05) is 6.07 Å². The van der Waals surface area contributed by atoms with Gasteiger partial charge in [-0.2, -0.15) is 10.2 Å². The molecule has 0 radical (unpaired) electrons. The summed E-state index contributed by atoms with van der Waals surface area (Å²) in [6.07, 6.45) is 5.01. The van der Waals surface area contributed by atoms with Gasteiger partial charge >= 0.3 is 0 Å². The van der Waals surface area contributed by atoms with Gasteiger partial charge in [0.1, 0.15) is 11.4 Å². The number of hydrogen-bond acceptors (Lipinski definition) is 5. The molecule has 0 atom stereocenters. The predicted molar refractivity (Wildman–Crippen MR) is 66.3 cm³/mol. The van der Waals surface area contributed by atoms with Crippen LogP contribution in [0.4, 0.5) is 0 Å². The van der Waals surface area contributed by atoms with Crippen molar-refractivity contribution < 1.29 is 0 Å². The van der Waals surface area contributed by atoms with Crippen LogP contribution in [0.5, 0.6) is 0 Å². The fourth-order valence-corrected chi connectivity index (χ4v) is 1.68. The van der Waals surface area contributed by atoms with Crippen molar-refractivity contribution in [2.45, 2.75) is 0 Å². The lowest BCUT2D eigenvalue weighted by Crippen LogP contribution is -1.95. The third kappa shape index (κ3) is 1.93. The van der Waals surface area contributed by atoms with Gasteiger partial charge in [0.25, 0.3) is 0 Å². The molecular weight excluding hydrogens is 226 g/mol. The fraction of sp³-hybridized carbons (Fsp3) is 0. The molecule has 0 amide bonds. The molecule has 0 N–H and O–H groups in total. The van der Waals surface area contributed by atoms with E-state index < -0.39 is 0 Å². The van der Waals surface area contributed by atoms with Crippen LogP contribution in [0.15, 0.2) is 55.0 Å². The van der Waals surface area contributed by atoms with E-state index in [1.54, 1.807) is 18.6 Å². The summed E-state index contributed by atoms with van der Waals surface area (Å²) in [6, 6.07) is 11.3. The zero-order chi connectivity index (χ0) is 12.2. The third-order valence-electron chi connectivity index (χ3n) is 2.48. The lowest BCUT2D eigenvalue weighted by atomic mass is 10.1. The number of rotatable bonds is 2. The second-order valence-electron chi connectivity index (χ2n) is 3.62. The van der Waals surface area contributed by atoms with Crippen LogP contribution in [0.25, 0.3) is 22.6 Å². The van der Waals surface area contributed by atoms with Crippen molar-refractivity contribution in [3.8, 4) is 22.6 Å². The molecule has 0 saturated carbocycles. The molecule has 0 bridgehead atoms. The van der Waals surface area contributed by atoms with Gasteiger partial charge in [-0.3, -0.25) is 4.98 Å². The Morgan fingerprint density at radius 2 is 1.56 bits per heavy atom. The predicted octanol–water partition coefficient (Wildman–Crippen LogP) is 2.00. The highest BCUT2D eigenvalue weighted by atomic mass is 15.1. The molecule has 0 aliphatic heterocycles. The smallest absolute Gasteiger partial charge is 0.123 e. The topological polar surface area (TPSA) is 64.5 Å². The van der Waals surface area contributed by atoms with E-state index in [9.17, 15) is 0 Å². The van der Waals surface area contributed by atoms with Crippen LogP contribution in [0.3, 0.4) is 0 Å². The van der Waals surface area contributed by atoms with Crippen LogP contribution in [0.2, 0.25) is 0 Å². The molecule has 3 aromatic heterocycles. The van der Waals surface area contributed by atoms with E-state index >= 15 is 0 Å². The first-order valence-electron chi connectivity index (χ1n) is 5.46. The van der Waals surface area contributed by atoms with E-state index in [2.05, 4.69) is 25.4 Å². The number of nitrogens with zero attached hydrogens (tertiary/aromatic N) is 5. The third-order valence-corrected chi connectivity index (χ3v) is 2.48. The Morgan fingerprint density at radius 1 is 0.667 bits per heavy atom. The van der Waals surface area contributed by atoms with Gasteiger partial charge in [-0.05, 0) is 30.3 Å². The lowest BCUT2D eigenvalue weighted by molar-refractivity contribution is 0.989. The van der Waals surface area contributed by atoms with Crippen LogP contribution < -0.4 is 0 Å². The molecule has 0 spiro atoms. The Hall–Kier alpha value is -2.69. The first-order valence-corrected chi connectivity index (χ1v) is 5.46. The Bertz CT molecular complexity index is 581. The standard InChI is InChI=1S/C13H9N5/c1-2-7-14-11(4-1)10-6-9-16-18-13(10)12-5-3-8-15-17-12/h1-9H. The number of aromatic nitrogens is 5. The lowest BCUT2D eigenvalue weighted by Gasteiger charge is -2.05. The van der Waals surface area contributed by atoms with Crippen molar-refractivity contribution >= 4 is 0 Å². The quantitative estimate of drug-likeness (QED) is 0.679. The molecule has 0 saturated heterocycles. The first kappa shape index (κ1) is 10.5. The average Bonchev–Trinajstić information content (AvgIpc) is 2.49. The second kappa shape index (κ2) is 4.67. The molecule has 5 heteroatoms. The molecule has 18 heavy (non-hydrogen) atoms. The molecule has 3 aromatic rings. The summed E-state index contributed by atoms with van der Waals surface area (Å²) in [5, 5.41) is 15.9. The minimum atomic E-state index is 0.685. The molecule has 5 nitrogen and oxygen atoms in total. The average molecular weight is 235 g/mol. The Balaban J connectivity index is 2.18. The maximum absolute atomic E-state index is 4.32. The van der Waals surface area contributed by atoms with Gasteiger partial charge in [-0.25, -0.2) is 0 Å². The molecule has 0 unspecified atom stereocenters. The Morgan fingerprint density at radius 3 is 2.33 bits per heavy atom. The SMILES string of the molecule is c1ccc(-c2ccnnc2-c2cccnn2)nc1. The van der Waals surface area contributed by atoms with E-state index in [1.807, 2.05) is 36.4 Å².